The Bertz CT molecular complexity index is 1400. The van der Waals surface area contributed by atoms with Gasteiger partial charge in [-0.1, -0.05) is 26.8 Å². The van der Waals surface area contributed by atoms with Gasteiger partial charge in [0.15, 0.2) is 14.1 Å². The maximum Gasteiger partial charge on any atom is 0.192 e. The van der Waals surface area contributed by atoms with E-state index in [-0.39, 0.29) is 16.9 Å². The summed E-state index contributed by atoms with van der Waals surface area (Å²) in [4.78, 5) is 6.87. The molecule has 6 nitrogen and oxygen atoms in total. The van der Waals surface area contributed by atoms with Crippen molar-refractivity contribution in [3.8, 4) is 11.3 Å². The lowest BCUT2D eigenvalue weighted by molar-refractivity contribution is 0.168. The van der Waals surface area contributed by atoms with Crippen LogP contribution < -0.4 is 5.32 Å². The summed E-state index contributed by atoms with van der Waals surface area (Å²) in [6, 6.07) is 8.00. The van der Waals surface area contributed by atoms with Gasteiger partial charge in [-0.3, -0.25) is 9.88 Å². The number of fused-ring (bicyclic) bond motifs is 2. The average molecular weight is 538 g/mol. The summed E-state index contributed by atoms with van der Waals surface area (Å²) in [6.45, 7) is 15.2. The van der Waals surface area contributed by atoms with Crippen molar-refractivity contribution >= 4 is 46.3 Å². The third kappa shape index (κ3) is 5.55. The number of nitrogens with one attached hydrogen (secondary N) is 1. The summed E-state index contributed by atoms with van der Waals surface area (Å²) in [7, 11) is -1.73. The van der Waals surface area contributed by atoms with Gasteiger partial charge in [0.05, 0.1) is 0 Å². The molecule has 196 valence electrons. The SMILES string of the molecule is CC(C)(C)[Si](C)(C)OCCN1CCC[C@@H](Nc2nnc(-c3ccc4c(F)csc4c3)c3ccncc23)C1. The summed E-state index contributed by atoms with van der Waals surface area (Å²) < 4.78 is 21.3. The number of halogens is 1. The Hall–Kier alpha value is -2.46. The lowest BCUT2D eigenvalue weighted by Crippen LogP contribution is -2.46. The maximum atomic E-state index is 14.0. The Labute approximate surface area is 223 Å². The Morgan fingerprint density at radius 3 is 2.81 bits per heavy atom. The van der Waals surface area contributed by atoms with Gasteiger partial charge in [0.2, 0.25) is 0 Å². The largest absolute Gasteiger partial charge is 0.416 e. The van der Waals surface area contributed by atoms with Crippen molar-refractivity contribution in [2.45, 2.75) is 57.8 Å². The molecule has 1 aliphatic heterocycles. The molecule has 1 N–H and O–H groups in total. The summed E-state index contributed by atoms with van der Waals surface area (Å²) in [5.41, 5.74) is 1.71. The van der Waals surface area contributed by atoms with Gasteiger partial charge in [0.25, 0.3) is 0 Å². The van der Waals surface area contributed by atoms with E-state index in [0.717, 1.165) is 71.6 Å². The number of thiophene rings is 1. The minimum atomic E-state index is -1.73. The second kappa shape index (κ2) is 10.4. The predicted molar refractivity (Wildman–Crippen MR) is 154 cm³/mol. The minimum Gasteiger partial charge on any atom is -0.416 e. The summed E-state index contributed by atoms with van der Waals surface area (Å²) in [5.74, 6) is 0.582. The average Bonchev–Trinajstić information content (AvgIpc) is 3.23. The molecule has 4 aromatic rings. The highest BCUT2D eigenvalue weighted by molar-refractivity contribution is 7.17. The molecule has 0 spiro atoms. The number of aromatic nitrogens is 3. The van der Waals surface area contributed by atoms with E-state index in [1.54, 1.807) is 11.6 Å². The zero-order valence-electron chi connectivity index (χ0n) is 22.3. The van der Waals surface area contributed by atoms with E-state index in [4.69, 9.17) is 4.43 Å². The number of benzene rings is 1. The molecule has 0 amide bonds. The summed E-state index contributed by atoms with van der Waals surface area (Å²) >= 11 is 1.40. The quantitative estimate of drug-likeness (QED) is 0.258. The molecule has 0 bridgehead atoms. The molecule has 5 rings (SSSR count). The van der Waals surface area contributed by atoms with E-state index in [1.165, 1.54) is 11.3 Å². The van der Waals surface area contributed by atoms with Crippen LogP contribution in [0.5, 0.6) is 0 Å². The highest BCUT2D eigenvalue weighted by Gasteiger charge is 2.37. The highest BCUT2D eigenvalue weighted by atomic mass is 32.1. The molecule has 1 saturated heterocycles. The van der Waals surface area contributed by atoms with Crippen LogP contribution in [0, 0.1) is 5.82 Å². The molecule has 0 saturated carbocycles. The third-order valence-corrected chi connectivity index (χ3v) is 13.4. The summed E-state index contributed by atoms with van der Waals surface area (Å²) in [5, 5.41) is 17.2. The van der Waals surface area contributed by atoms with Crippen LogP contribution in [0.15, 0.2) is 42.0 Å². The van der Waals surface area contributed by atoms with Crippen molar-refractivity contribution in [3.63, 3.8) is 0 Å². The van der Waals surface area contributed by atoms with Crippen LogP contribution >= 0.6 is 11.3 Å². The molecule has 4 heterocycles. The molecule has 0 unspecified atom stereocenters. The molecule has 1 fully saturated rings. The Morgan fingerprint density at radius 2 is 2.00 bits per heavy atom. The van der Waals surface area contributed by atoms with Crippen LogP contribution in [0.3, 0.4) is 0 Å². The highest BCUT2D eigenvalue weighted by Crippen LogP contribution is 2.37. The van der Waals surface area contributed by atoms with E-state index in [9.17, 15) is 4.39 Å². The fourth-order valence-corrected chi connectivity index (χ4v) is 6.56. The molecule has 1 aliphatic rings. The fraction of sp³-hybridized carbons (Fsp3) is 0.464. The first kappa shape index (κ1) is 26.2. The van der Waals surface area contributed by atoms with E-state index < -0.39 is 8.32 Å². The van der Waals surface area contributed by atoms with Gasteiger partial charge in [0.1, 0.15) is 11.5 Å². The van der Waals surface area contributed by atoms with E-state index >= 15 is 0 Å². The van der Waals surface area contributed by atoms with Crippen molar-refractivity contribution in [1.29, 1.82) is 0 Å². The van der Waals surface area contributed by atoms with Crippen molar-refractivity contribution in [1.82, 2.24) is 20.1 Å². The molecular formula is C28H36FN5OSSi. The number of pyridine rings is 1. The van der Waals surface area contributed by atoms with Crippen LogP contribution in [0.2, 0.25) is 18.1 Å². The number of anilines is 1. The lowest BCUT2D eigenvalue weighted by Gasteiger charge is -2.38. The third-order valence-electron chi connectivity index (χ3n) is 7.91. The smallest absolute Gasteiger partial charge is 0.192 e. The molecule has 3 aromatic heterocycles. The number of hydrogen-bond donors (Lipinski definition) is 1. The molecule has 0 aliphatic carbocycles. The van der Waals surface area contributed by atoms with Crippen molar-refractivity contribution < 1.29 is 8.82 Å². The predicted octanol–water partition coefficient (Wildman–Crippen LogP) is 6.94. The molecular weight excluding hydrogens is 501 g/mol. The van der Waals surface area contributed by atoms with Gasteiger partial charge in [-0.05, 0) is 55.7 Å². The maximum absolute atomic E-state index is 14.0. The lowest BCUT2D eigenvalue weighted by atomic mass is 10.0. The van der Waals surface area contributed by atoms with Gasteiger partial charge < -0.3 is 9.74 Å². The van der Waals surface area contributed by atoms with Crippen molar-refractivity contribution in [2.24, 2.45) is 0 Å². The van der Waals surface area contributed by atoms with Crippen LogP contribution in [0.1, 0.15) is 33.6 Å². The van der Waals surface area contributed by atoms with Gasteiger partial charge in [-0.15, -0.1) is 21.5 Å². The molecule has 37 heavy (non-hydrogen) atoms. The second-order valence-electron chi connectivity index (χ2n) is 11.5. The number of hydrogen-bond acceptors (Lipinski definition) is 7. The van der Waals surface area contributed by atoms with Crippen LogP contribution in [0.25, 0.3) is 32.1 Å². The standard InChI is InChI=1S/C28H36FN5OSSi/c1-28(2,3)37(4,5)35-14-13-34-12-6-7-20(17-34)31-27-23-16-30-11-10-21(23)26(32-33-27)19-8-9-22-24(29)18-36-25(22)15-19/h8-11,15-16,18,20H,6-7,12-14,17H2,1-5H3,(H,31,33)/t20-/m1/s1. The molecule has 1 atom stereocenters. The van der Waals surface area contributed by atoms with Crippen molar-refractivity contribution in [3.05, 3.63) is 47.9 Å². The van der Waals surface area contributed by atoms with Crippen LogP contribution in [-0.2, 0) is 4.43 Å². The molecule has 1 aromatic carbocycles. The van der Waals surface area contributed by atoms with Gasteiger partial charge in [-0.2, -0.15) is 0 Å². The topological polar surface area (TPSA) is 63.2 Å². The number of rotatable bonds is 7. The van der Waals surface area contributed by atoms with Gasteiger partial charge in [0, 0.05) is 69.9 Å². The van der Waals surface area contributed by atoms with Crippen LogP contribution in [-0.4, -0.2) is 60.7 Å². The zero-order valence-corrected chi connectivity index (χ0v) is 24.2. The number of likely N-dealkylation sites (tertiary alicyclic amines) is 1. The van der Waals surface area contributed by atoms with E-state index in [0.29, 0.717) is 5.39 Å². The first-order valence-electron chi connectivity index (χ1n) is 13.0. The number of nitrogens with zero attached hydrogens (tertiary/aromatic N) is 4. The van der Waals surface area contributed by atoms with E-state index in [1.807, 2.05) is 30.5 Å². The van der Waals surface area contributed by atoms with Gasteiger partial charge in [-0.25, -0.2) is 4.39 Å². The van der Waals surface area contributed by atoms with Crippen molar-refractivity contribution in [2.75, 3.05) is 31.6 Å². The minimum absolute atomic E-state index is 0.181. The number of piperidine rings is 1. The second-order valence-corrected chi connectivity index (χ2v) is 17.2. The first-order chi connectivity index (χ1) is 17.6. The normalized spacial score (nSPS) is 17.5. The zero-order chi connectivity index (χ0) is 26.2. The van der Waals surface area contributed by atoms with Gasteiger partial charge >= 0.3 is 0 Å². The first-order valence-corrected chi connectivity index (χ1v) is 16.8. The Balaban J connectivity index is 1.31. The monoisotopic (exact) mass is 537 g/mol. The van der Waals surface area contributed by atoms with Crippen LogP contribution in [0.4, 0.5) is 10.2 Å². The Morgan fingerprint density at radius 1 is 1.16 bits per heavy atom. The van der Waals surface area contributed by atoms with E-state index in [2.05, 4.69) is 59.3 Å². The summed E-state index contributed by atoms with van der Waals surface area (Å²) in [6.07, 6.45) is 5.86. The molecule has 0 radical (unpaired) electrons. The molecule has 9 heteroatoms. The fourth-order valence-electron chi connectivity index (χ4n) is 4.68. The Kier molecular flexibility index (Phi) is 7.32.